The summed E-state index contributed by atoms with van der Waals surface area (Å²) in [7, 11) is 1.66. The van der Waals surface area contributed by atoms with Crippen LogP contribution in [0.5, 0.6) is 5.75 Å². The van der Waals surface area contributed by atoms with Gasteiger partial charge in [-0.05, 0) is 38.7 Å². The molecule has 0 spiro atoms. The van der Waals surface area contributed by atoms with Gasteiger partial charge in [0, 0.05) is 12.0 Å². The van der Waals surface area contributed by atoms with Crippen LogP contribution in [0, 0.1) is 12.8 Å². The molecule has 0 unspecified atom stereocenters. The average Bonchev–Trinajstić information content (AvgIpc) is 2.91. The van der Waals surface area contributed by atoms with Crippen LogP contribution in [0.2, 0.25) is 0 Å². The number of nitrogens with one attached hydrogen (secondary N) is 1. The summed E-state index contributed by atoms with van der Waals surface area (Å²) in [5.74, 6) is 1.34. The van der Waals surface area contributed by atoms with Gasteiger partial charge in [0.05, 0.1) is 13.2 Å². The Labute approximate surface area is 121 Å². The molecule has 0 saturated heterocycles. The Morgan fingerprint density at radius 1 is 1.50 bits per heavy atom. The summed E-state index contributed by atoms with van der Waals surface area (Å²) < 4.78 is 5.37. The standard InChI is InChI=1S/C17H23NO2/c1-12-8-9-16(20-3)15(10-12)13(2)18-17(19)11-14-6-4-5-7-14/h4,6,8-10,13-14H,5,7,11H2,1-3H3,(H,18,19)/t13-,14+/m1/s1. The fourth-order valence-electron chi connectivity index (χ4n) is 2.67. The number of hydrogen-bond donors (Lipinski definition) is 1. The fraction of sp³-hybridized carbons (Fsp3) is 0.471. The first-order valence-electron chi connectivity index (χ1n) is 7.20. The summed E-state index contributed by atoms with van der Waals surface area (Å²) >= 11 is 0. The molecule has 0 bridgehead atoms. The molecule has 0 heterocycles. The highest BCUT2D eigenvalue weighted by atomic mass is 16.5. The Morgan fingerprint density at radius 2 is 2.30 bits per heavy atom. The van der Waals surface area contributed by atoms with Gasteiger partial charge in [-0.3, -0.25) is 4.79 Å². The third-order valence-electron chi connectivity index (χ3n) is 3.79. The number of benzene rings is 1. The summed E-state index contributed by atoms with van der Waals surface area (Å²) in [5.41, 5.74) is 2.20. The second kappa shape index (κ2) is 6.60. The number of methoxy groups -OCH3 is 1. The average molecular weight is 273 g/mol. The van der Waals surface area contributed by atoms with Gasteiger partial charge in [-0.1, -0.05) is 29.8 Å². The highest BCUT2D eigenvalue weighted by molar-refractivity contribution is 5.77. The Kier molecular flexibility index (Phi) is 4.83. The summed E-state index contributed by atoms with van der Waals surface area (Å²) in [6, 6.07) is 6.00. The molecule has 2 rings (SSSR count). The maximum atomic E-state index is 12.1. The van der Waals surface area contributed by atoms with Crippen LogP contribution in [-0.4, -0.2) is 13.0 Å². The van der Waals surface area contributed by atoms with Crippen molar-refractivity contribution in [1.82, 2.24) is 5.32 Å². The van der Waals surface area contributed by atoms with Gasteiger partial charge in [0.1, 0.15) is 5.75 Å². The number of carbonyl (C=O) groups is 1. The Balaban J connectivity index is 2.00. The van der Waals surface area contributed by atoms with Gasteiger partial charge in [0.2, 0.25) is 5.91 Å². The zero-order chi connectivity index (χ0) is 14.5. The number of aryl methyl sites for hydroxylation is 1. The lowest BCUT2D eigenvalue weighted by atomic mass is 10.0. The molecule has 108 valence electrons. The first kappa shape index (κ1) is 14.6. The molecule has 1 amide bonds. The quantitative estimate of drug-likeness (QED) is 0.833. The van der Waals surface area contributed by atoms with Crippen molar-refractivity contribution in [2.24, 2.45) is 5.92 Å². The van der Waals surface area contributed by atoms with E-state index in [0.717, 1.165) is 24.2 Å². The van der Waals surface area contributed by atoms with E-state index in [-0.39, 0.29) is 11.9 Å². The van der Waals surface area contributed by atoms with Gasteiger partial charge in [0.25, 0.3) is 0 Å². The van der Waals surface area contributed by atoms with Crippen LogP contribution in [0.3, 0.4) is 0 Å². The van der Waals surface area contributed by atoms with Gasteiger partial charge in [-0.15, -0.1) is 0 Å². The molecule has 0 radical (unpaired) electrons. The number of carbonyl (C=O) groups excluding carboxylic acids is 1. The summed E-state index contributed by atoms with van der Waals surface area (Å²) in [6.07, 6.45) is 7.08. The largest absolute Gasteiger partial charge is 0.496 e. The minimum atomic E-state index is -0.0391. The third kappa shape index (κ3) is 3.62. The second-order valence-corrected chi connectivity index (χ2v) is 5.50. The smallest absolute Gasteiger partial charge is 0.221 e. The van der Waals surface area contributed by atoms with Crippen molar-refractivity contribution in [3.05, 3.63) is 41.5 Å². The lowest BCUT2D eigenvalue weighted by molar-refractivity contribution is -0.122. The first-order chi connectivity index (χ1) is 9.60. The normalized spacial score (nSPS) is 18.9. The number of allylic oxidation sites excluding steroid dienone is 2. The van der Waals surface area contributed by atoms with E-state index in [0.29, 0.717) is 12.3 Å². The molecule has 3 heteroatoms. The third-order valence-corrected chi connectivity index (χ3v) is 3.79. The van der Waals surface area contributed by atoms with Crippen LogP contribution in [0.15, 0.2) is 30.4 Å². The highest BCUT2D eigenvalue weighted by Gasteiger charge is 2.18. The molecule has 2 atom stereocenters. The molecule has 1 aliphatic carbocycles. The Bertz CT molecular complexity index is 508. The zero-order valence-electron chi connectivity index (χ0n) is 12.5. The molecule has 20 heavy (non-hydrogen) atoms. The molecular weight excluding hydrogens is 250 g/mol. The molecule has 0 aliphatic heterocycles. The Hall–Kier alpha value is -1.77. The predicted octanol–water partition coefficient (Wildman–Crippen LogP) is 3.54. The van der Waals surface area contributed by atoms with Crippen molar-refractivity contribution in [1.29, 1.82) is 0 Å². The first-order valence-corrected chi connectivity index (χ1v) is 7.20. The SMILES string of the molecule is COc1ccc(C)cc1[C@@H](C)NC(=O)C[C@H]1C=CCC1. The van der Waals surface area contributed by atoms with E-state index < -0.39 is 0 Å². The van der Waals surface area contributed by atoms with Crippen molar-refractivity contribution < 1.29 is 9.53 Å². The van der Waals surface area contributed by atoms with Crippen LogP contribution < -0.4 is 10.1 Å². The van der Waals surface area contributed by atoms with E-state index in [1.165, 1.54) is 5.56 Å². The summed E-state index contributed by atoms with van der Waals surface area (Å²) in [4.78, 5) is 12.1. The van der Waals surface area contributed by atoms with E-state index in [9.17, 15) is 4.79 Å². The molecule has 0 fully saturated rings. The number of hydrogen-bond acceptors (Lipinski definition) is 2. The maximum absolute atomic E-state index is 12.1. The van der Waals surface area contributed by atoms with Crippen molar-refractivity contribution in [2.75, 3.05) is 7.11 Å². The minimum absolute atomic E-state index is 0.0391. The lowest BCUT2D eigenvalue weighted by Crippen LogP contribution is -2.28. The summed E-state index contributed by atoms with van der Waals surface area (Å²) in [6.45, 7) is 4.04. The number of amides is 1. The topological polar surface area (TPSA) is 38.3 Å². The van der Waals surface area contributed by atoms with E-state index in [2.05, 4.69) is 23.5 Å². The monoisotopic (exact) mass is 273 g/mol. The molecule has 1 aromatic rings. The van der Waals surface area contributed by atoms with E-state index >= 15 is 0 Å². The number of rotatable bonds is 5. The molecule has 1 aliphatic rings. The van der Waals surface area contributed by atoms with Gasteiger partial charge in [0.15, 0.2) is 0 Å². The van der Waals surface area contributed by atoms with E-state index in [4.69, 9.17) is 4.74 Å². The van der Waals surface area contributed by atoms with Crippen LogP contribution >= 0.6 is 0 Å². The minimum Gasteiger partial charge on any atom is -0.496 e. The van der Waals surface area contributed by atoms with Crippen molar-refractivity contribution in [3.63, 3.8) is 0 Å². The van der Waals surface area contributed by atoms with Crippen LogP contribution in [0.4, 0.5) is 0 Å². The predicted molar refractivity (Wildman–Crippen MR) is 80.8 cm³/mol. The molecular formula is C17H23NO2. The van der Waals surface area contributed by atoms with Crippen LogP contribution in [0.1, 0.15) is 43.4 Å². The second-order valence-electron chi connectivity index (χ2n) is 5.50. The molecule has 3 nitrogen and oxygen atoms in total. The Morgan fingerprint density at radius 3 is 2.95 bits per heavy atom. The van der Waals surface area contributed by atoms with Crippen molar-refractivity contribution >= 4 is 5.91 Å². The lowest BCUT2D eigenvalue weighted by Gasteiger charge is -2.19. The zero-order valence-corrected chi connectivity index (χ0v) is 12.5. The van der Waals surface area contributed by atoms with Gasteiger partial charge in [-0.2, -0.15) is 0 Å². The van der Waals surface area contributed by atoms with Crippen LogP contribution in [0.25, 0.3) is 0 Å². The van der Waals surface area contributed by atoms with Crippen molar-refractivity contribution in [3.8, 4) is 5.75 Å². The van der Waals surface area contributed by atoms with Gasteiger partial charge >= 0.3 is 0 Å². The van der Waals surface area contributed by atoms with Gasteiger partial charge in [-0.25, -0.2) is 0 Å². The maximum Gasteiger partial charge on any atom is 0.221 e. The molecule has 0 saturated carbocycles. The van der Waals surface area contributed by atoms with Crippen LogP contribution in [-0.2, 0) is 4.79 Å². The molecule has 1 N–H and O–H groups in total. The summed E-state index contributed by atoms with van der Waals surface area (Å²) in [5, 5.41) is 3.07. The highest BCUT2D eigenvalue weighted by Crippen LogP contribution is 2.27. The van der Waals surface area contributed by atoms with E-state index in [1.54, 1.807) is 7.11 Å². The van der Waals surface area contributed by atoms with Gasteiger partial charge < -0.3 is 10.1 Å². The van der Waals surface area contributed by atoms with Crippen molar-refractivity contribution in [2.45, 2.75) is 39.2 Å². The van der Waals surface area contributed by atoms with E-state index in [1.807, 2.05) is 26.0 Å². The number of ether oxygens (including phenoxy) is 1. The fourth-order valence-corrected chi connectivity index (χ4v) is 2.67. The molecule has 0 aromatic heterocycles. The molecule has 1 aromatic carbocycles.